The van der Waals surface area contributed by atoms with Gasteiger partial charge in [-0.3, -0.25) is 14.9 Å². The SMILES string of the molecule is O=C(C[C@@H]1Cn2ncnc2NC1=O)Nc1cc(Cl)cc(Cl)c1. The number of carbonyl (C=O) groups is 2. The number of aromatic nitrogens is 3. The molecule has 0 spiro atoms. The Balaban J connectivity index is 1.66. The maximum Gasteiger partial charge on any atom is 0.232 e. The third-order valence-electron chi connectivity index (χ3n) is 3.19. The van der Waals surface area contributed by atoms with Crippen LogP contribution in [0, 0.1) is 5.92 Å². The van der Waals surface area contributed by atoms with Gasteiger partial charge in [0.1, 0.15) is 6.33 Å². The molecular weight excluding hydrogens is 329 g/mol. The van der Waals surface area contributed by atoms with Crippen LogP contribution >= 0.6 is 23.2 Å². The fraction of sp³-hybridized carbons (Fsp3) is 0.231. The van der Waals surface area contributed by atoms with Crippen molar-refractivity contribution < 1.29 is 9.59 Å². The highest BCUT2D eigenvalue weighted by Gasteiger charge is 2.29. The van der Waals surface area contributed by atoms with E-state index in [1.54, 1.807) is 22.9 Å². The minimum atomic E-state index is -0.510. The largest absolute Gasteiger partial charge is 0.326 e. The molecule has 0 saturated heterocycles. The third kappa shape index (κ3) is 3.20. The van der Waals surface area contributed by atoms with Crippen molar-refractivity contribution in [1.82, 2.24) is 14.8 Å². The molecule has 2 heterocycles. The zero-order valence-electron chi connectivity index (χ0n) is 11.2. The quantitative estimate of drug-likeness (QED) is 0.896. The Morgan fingerprint density at radius 3 is 2.82 bits per heavy atom. The van der Waals surface area contributed by atoms with Gasteiger partial charge >= 0.3 is 0 Å². The topological polar surface area (TPSA) is 88.9 Å². The van der Waals surface area contributed by atoms with Crippen molar-refractivity contribution in [3.8, 4) is 0 Å². The molecule has 114 valence electrons. The molecule has 0 aliphatic carbocycles. The Kier molecular flexibility index (Phi) is 4.00. The van der Waals surface area contributed by atoms with Gasteiger partial charge in [-0.2, -0.15) is 10.1 Å². The van der Waals surface area contributed by atoms with E-state index in [1.165, 1.54) is 6.33 Å². The molecule has 0 saturated carbocycles. The fourth-order valence-corrected chi connectivity index (χ4v) is 2.74. The van der Waals surface area contributed by atoms with E-state index >= 15 is 0 Å². The molecule has 0 unspecified atom stereocenters. The highest BCUT2D eigenvalue weighted by Crippen LogP contribution is 2.23. The number of hydrogen-bond donors (Lipinski definition) is 2. The summed E-state index contributed by atoms with van der Waals surface area (Å²) in [7, 11) is 0. The van der Waals surface area contributed by atoms with Gasteiger partial charge in [0.05, 0.1) is 12.5 Å². The van der Waals surface area contributed by atoms with Gasteiger partial charge in [-0.25, -0.2) is 4.68 Å². The summed E-state index contributed by atoms with van der Waals surface area (Å²) in [4.78, 5) is 27.9. The second-order valence-corrected chi connectivity index (χ2v) is 5.74. The lowest BCUT2D eigenvalue weighted by Gasteiger charge is -2.21. The van der Waals surface area contributed by atoms with E-state index < -0.39 is 5.92 Å². The number of rotatable bonds is 3. The van der Waals surface area contributed by atoms with Gasteiger partial charge in [0.2, 0.25) is 17.8 Å². The van der Waals surface area contributed by atoms with Gasteiger partial charge in [0, 0.05) is 22.2 Å². The van der Waals surface area contributed by atoms with Crippen LogP contribution in [0.5, 0.6) is 0 Å². The number of anilines is 2. The Bertz CT molecular complexity index is 726. The van der Waals surface area contributed by atoms with E-state index in [2.05, 4.69) is 20.7 Å². The standard InChI is InChI=1S/C13H11Cl2N5O2/c14-8-2-9(15)4-10(3-8)18-11(21)1-7-5-20-13(16-6-17-20)19-12(7)22/h2-4,6-7H,1,5H2,(H,18,21)(H,16,17,19,22)/t7-/m1/s1. The van der Waals surface area contributed by atoms with Crippen molar-refractivity contribution in [2.24, 2.45) is 5.92 Å². The normalized spacial score (nSPS) is 16.8. The van der Waals surface area contributed by atoms with E-state index in [1.807, 2.05) is 0 Å². The molecule has 0 radical (unpaired) electrons. The first kappa shape index (κ1) is 14.8. The van der Waals surface area contributed by atoms with Gasteiger partial charge in [-0.05, 0) is 18.2 Å². The fourth-order valence-electron chi connectivity index (χ4n) is 2.22. The summed E-state index contributed by atoms with van der Waals surface area (Å²) in [5.41, 5.74) is 0.486. The highest BCUT2D eigenvalue weighted by molar-refractivity contribution is 6.35. The molecule has 9 heteroatoms. The number of fused-ring (bicyclic) bond motifs is 1. The summed E-state index contributed by atoms with van der Waals surface area (Å²) >= 11 is 11.7. The summed E-state index contributed by atoms with van der Waals surface area (Å²) in [6, 6.07) is 4.74. The smallest absolute Gasteiger partial charge is 0.232 e. The summed E-state index contributed by atoms with van der Waals surface area (Å²) in [5.74, 6) is -0.672. The summed E-state index contributed by atoms with van der Waals surface area (Å²) < 4.78 is 1.55. The molecule has 1 aliphatic rings. The molecule has 1 aliphatic heterocycles. The maximum atomic E-state index is 12.1. The van der Waals surface area contributed by atoms with Crippen LogP contribution < -0.4 is 10.6 Å². The molecule has 1 aromatic carbocycles. The molecule has 2 aromatic rings. The summed E-state index contributed by atoms with van der Waals surface area (Å²) in [5, 5.41) is 10.1. The van der Waals surface area contributed by atoms with Crippen molar-refractivity contribution in [2.45, 2.75) is 13.0 Å². The van der Waals surface area contributed by atoms with Crippen LogP contribution in [0.2, 0.25) is 10.0 Å². The number of nitrogens with one attached hydrogen (secondary N) is 2. The van der Waals surface area contributed by atoms with E-state index in [-0.39, 0.29) is 18.2 Å². The van der Waals surface area contributed by atoms with Crippen LogP contribution in [-0.2, 0) is 16.1 Å². The lowest BCUT2D eigenvalue weighted by molar-refractivity contribution is -0.125. The van der Waals surface area contributed by atoms with Crippen molar-refractivity contribution in [3.63, 3.8) is 0 Å². The lowest BCUT2D eigenvalue weighted by Crippen LogP contribution is -2.36. The molecule has 0 bridgehead atoms. The molecular formula is C13H11Cl2N5O2. The minimum Gasteiger partial charge on any atom is -0.326 e. The number of benzene rings is 1. The molecule has 1 aromatic heterocycles. The monoisotopic (exact) mass is 339 g/mol. The van der Waals surface area contributed by atoms with Crippen molar-refractivity contribution >= 4 is 46.7 Å². The van der Waals surface area contributed by atoms with Gasteiger partial charge < -0.3 is 5.32 Å². The molecule has 0 fully saturated rings. The first-order chi connectivity index (χ1) is 10.5. The van der Waals surface area contributed by atoms with Gasteiger partial charge in [0.15, 0.2) is 0 Å². The van der Waals surface area contributed by atoms with Crippen molar-refractivity contribution in [3.05, 3.63) is 34.6 Å². The predicted molar refractivity (Wildman–Crippen MR) is 81.9 cm³/mol. The molecule has 2 amide bonds. The van der Waals surface area contributed by atoms with Crippen LogP contribution in [0.25, 0.3) is 0 Å². The molecule has 22 heavy (non-hydrogen) atoms. The maximum absolute atomic E-state index is 12.1. The average molecular weight is 340 g/mol. The third-order valence-corrected chi connectivity index (χ3v) is 3.63. The molecule has 2 N–H and O–H groups in total. The zero-order valence-corrected chi connectivity index (χ0v) is 12.7. The first-order valence-corrected chi connectivity index (χ1v) is 7.21. The number of amides is 2. The first-order valence-electron chi connectivity index (χ1n) is 6.46. The van der Waals surface area contributed by atoms with E-state index in [9.17, 15) is 9.59 Å². The highest BCUT2D eigenvalue weighted by atomic mass is 35.5. The summed E-state index contributed by atoms with van der Waals surface area (Å²) in [6.45, 7) is 0.310. The Labute approximate surface area is 135 Å². The van der Waals surface area contributed by atoms with Crippen LogP contribution in [0.3, 0.4) is 0 Å². The number of hydrogen-bond acceptors (Lipinski definition) is 4. The Morgan fingerprint density at radius 1 is 1.36 bits per heavy atom. The average Bonchev–Trinajstić information content (AvgIpc) is 2.84. The minimum absolute atomic E-state index is 0.0231. The molecule has 1 atom stereocenters. The Hall–Kier alpha value is -2.12. The number of nitrogens with zero attached hydrogens (tertiary/aromatic N) is 3. The molecule has 3 rings (SSSR count). The van der Waals surface area contributed by atoms with E-state index in [4.69, 9.17) is 23.2 Å². The van der Waals surface area contributed by atoms with Crippen LogP contribution in [0.1, 0.15) is 6.42 Å². The lowest BCUT2D eigenvalue weighted by atomic mass is 10.0. The second kappa shape index (κ2) is 5.94. The van der Waals surface area contributed by atoms with Crippen molar-refractivity contribution in [2.75, 3.05) is 10.6 Å². The van der Waals surface area contributed by atoms with Crippen LogP contribution in [0.15, 0.2) is 24.5 Å². The van der Waals surface area contributed by atoms with Gasteiger partial charge in [0.25, 0.3) is 0 Å². The predicted octanol–water partition coefficient (Wildman–Crippen LogP) is 2.18. The number of carbonyl (C=O) groups excluding carboxylic acids is 2. The zero-order chi connectivity index (χ0) is 15.7. The summed E-state index contributed by atoms with van der Waals surface area (Å²) in [6.07, 6.45) is 1.38. The van der Waals surface area contributed by atoms with Crippen LogP contribution in [0.4, 0.5) is 11.6 Å². The van der Waals surface area contributed by atoms with Crippen molar-refractivity contribution in [1.29, 1.82) is 0 Å². The second-order valence-electron chi connectivity index (χ2n) is 4.86. The van der Waals surface area contributed by atoms with Crippen LogP contribution in [-0.4, -0.2) is 26.6 Å². The van der Waals surface area contributed by atoms with E-state index in [0.717, 1.165) is 0 Å². The number of halogens is 2. The molecule has 7 nitrogen and oxygen atoms in total. The van der Waals surface area contributed by atoms with Gasteiger partial charge in [-0.1, -0.05) is 23.2 Å². The van der Waals surface area contributed by atoms with E-state index in [0.29, 0.717) is 28.2 Å². The Morgan fingerprint density at radius 2 is 2.09 bits per heavy atom. The van der Waals surface area contributed by atoms with Gasteiger partial charge in [-0.15, -0.1) is 0 Å².